The highest BCUT2D eigenvalue weighted by Crippen LogP contribution is 2.39. The van der Waals surface area contributed by atoms with Gasteiger partial charge < -0.3 is 10.6 Å². The largest absolute Gasteiger partial charge is 0.329 e. The van der Waals surface area contributed by atoms with Crippen molar-refractivity contribution in [3.63, 3.8) is 0 Å². The highest BCUT2D eigenvalue weighted by atomic mass is 15.2. The topological polar surface area (TPSA) is 32.5 Å². The lowest BCUT2D eigenvalue weighted by Gasteiger charge is -2.51. The summed E-state index contributed by atoms with van der Waals surface area (Å²) in [5, 5.41) is 0. The second-order valence-corrected chi connectivity index (χ2v) is 7.29. The van der Waals surface area contributed by atoms with Crippen LogP contribution in [-0.2, 0) is 0 Å². The van der Waals surface area contributed by atoms with E-state index in [-0.39, 0.29) is 5.54 Å². The fourth-order valence-corrected chi connectivity index (χ4v) is 4.62. The van der Waals surface area contributed by atoms with Gasteiger partial charge in [-0.1, -0.05) is 26.2 Å². The molecule has 0 bridgehead atoms. The molecule has 2 fully saturated rings. The molecule has 1 aliphatic carbocycles. The Balaban J connectivity index is 1.98. The van der Waals surface area contributed by atoms with E-state index in [1.54, 1.807) is 0 Å². The molecule has 0 aromatic rings. The third-order valence-electron chi connectivity index (χ3n) is 6.15. The Morgan fingerprint density at radius 2 is 1.90 bits per heavy atom. The predicted octanol–water partition coefficient (Wildman–Crippen LogP) is 2.56. The van der Waals surface area contributed by atoms with E-state index in [9.17, 15) is 0 Å². The van der Waals surface area contributed by atoms with Gasteiger partial charge >= 0.3 is 0 Å². The van der Waals surface area contributed by atoms with Crippen LogP contribution in [0.2, 0.25) is 0 Å². The summed E-state index contributed by atoms with van der Waals surface area (Å²) in [7, 11) is 4.59. The van der Waals surface area contributed by atoms with Crippen LogP contribution in [0.25, 0.3) is 0 Å². The van der Waals surface area contributed by atoms with Crippen LogP contribution in [0, 0.1) is 11.8 Å². The maximum atomic E-state index is 6.28. The average Bonchev–Trinajstić information content (AvgIpc) is 2.49. The summed E-state index contributed by atoms with van der Waals surface area (Å²) in [6.07, 6.45) is 9.47. The minimum absolute atomic E-state index is 0.288. The molecule has 2 unspecified atom stereocenters. The fourth-order valence-electron chi connectivity index (χ4n) is 4.62. The van der Waals surface area contributed by atoms with Crippen molar-refractivity contribution in [2.75, 3.05) is 40.3 Å². The van der Waals surface area contributed by atoms with Gasteiger partial charge in [0.25, 0.3) is 0 Å². The second-order valence-electron chi connectivity index (χ2n) is 7.29. The van der Waals surface area contributed by atoms with E-state index in [2.05, 4.69) is 30.8 Å². The first-order valence-electron chi connectivity index (χ1n) is 8.72. The summed E-state index contributed by atoms with van der Waals surface area (Å²) in [5.41, 5.74) is 6.57. The lowest BCUT2D eigenvalue weighted by atomic mass is 9.70. The molecule has 3 heteroatoms. The first-order valence-corrected chi connectivity index (χ1v) is 8.72. The van der Waals surface area contributed by atoms with E-state index in [4.69, 9.17) is 5.73 Å². The fraction of sp³-hybridized carbons (Fsp3) is 1.00. The van der Waals surface area contributed by atoms with Crippen LogP contribution in [0.5, 0.6) is 0 Å². The van der Waals surface area contributed by atoms with Gasteiger partial charge in [-0.05, 0) is 64.7 Å². The van der Waals surface area contributed by atoms with Crippen molar-refractivity contribution in [1.82, 2.24) is 9.80 Å². The predicted molar refractivity (Wildman–Crippen MR) is 86.9 cm³/mol. The van der Waals surface area contributed by atoms with Gasteiger partial charge in [0.15, 0.2) is 0 Å². The molecule has 3 nitrogen and oxygen atoms in total. The van der Waals surface area contributed by atoms with Crippen LogP contribution >= 0.6 is 0 Å². The van der Waals surface area contributed by atoms with Crippen LogP contribution in [0.3, 0.4) is 0 Å². The Bertz CT molecular complexity index is 286. The summed E-state index contributed by atoms with van der Waals surface area (Å²) in [6, 6.07) is 0. The number of rotatable bonds is 5. The van der Waals surface area contributed by atoms with Crippen LogP contribution < -0.4 is 5.73 Å². The minimum Gasteiger partial charge on any atom is -0.329 e. The minimum atomic E-state index is 0.288. The molecule has 0 aromatic heterocycles. The van der Waals surface area contributed by atoms with Crippen molar-refractivity contribution in [3.8, 4) is 0 Å². The van der Waals surface area contributed by atoms with Gasteiger partial charge in [-0.15, -0.1) is 0 Å². The molecule has 118 valence electrons. The van der Waals surface area contributed by atoms with Crippen molar-refractivity contribution >= 4 is 0 Å². The average molecular weight is 281 g/mol. The van der Waals surface area contributed by atoms with Gasteiger partial charge in [0.05, 0.1) is 0 Å². The Kier molecular flexibility index (Phi) is 5.88. The Morgan fingerprint density at radius 1 is 1.20 bits per heavy atom. The van der Waals surface area contributed by atoms with E-state index >= 15 is 0 Å². The maximum absolute atomic E-state index is 6.28. The van der Waals surface area contributed by atoms with E-state index in [1.165, 1.54) is 64.6 Å². The van der Waals surface area contributed by atoms with Crippen molar-refractivity contribution in [2.45, 2.75) is 57.4 Å². The van der Waals surface area contributed by atoms with Crippen molar-refractivity contribution < 1.29 is 0 Å². The molecule has 0 amide bonds. The number of hydrogen-bond donors (Lipinski definition) is 1. The quantitative estimate of drug-likeness (QED) is 0.840. The lowest BCUT2D eigenvalue weighted by molar-refractivity contribution is 0.00680. The molecule has 1 saturated carbocycles. The molecule has 2 atom stereocenters. The first-order chi connectivity index (χ1) is 9.62. The lowest BCUT2D eigenvalue weighted by Crippen LogP contribution is -2.59. The molecule has 1 aliphatic heterocycles. The first kappa shape index (κ1) is 16.3. The van der Waals surface area contributed by atoms with Gasteiger partial charge in [-0.2, -0.15) is 0 Å². The molecule has 1 saturated heterocycles. The molecular formula is C17H35N3. The van der Waals surface area contributed by atoms with Gasteiger partial charge in [0, 0.05) is 18.6 Å². The van der Waals surface area contributed by atoms with Gasteiger partial charge in [-0.25, -0.2) is 0 Å². The summed E-state index contributed by atoms with van der Waals surface area (Å²) in [4.78, 5) is 5.13. The number of nitrogens with zero attached hydrogens (tertiary/aromatic N) is 2. The summed E-state index contributed by atoms with van der Waals surface area (Å²) >= 11 is 0. The van der Waals surface area contributed by atoms with Crippen LogP contribution in [0.4, 0.5) is 0 Å². The van der Waals surface area contributed by atoms with Crippen LogP contribution in [0.15, 0.2) is 0 Å². The number of likely N-dealkylation sites (N-methyl/N-ethyl adjacent to an activating group) is 1. The smallest absolute Gasteiger partial charge is 0.0356 e. The standard InChI is InChI=1S/C17H35N3/c1-4-16-7-5-6-10-17(16,14-18)20(3)13-15-8-11-19(2)12-9-15/h15-16H,4-14,18H2,1-3H3. The van der Waals surface area contributed by atoms with Gasteiger partial charge in [-0.3, -0.25) is 4.90 Å². The van der Waals surface area contributed by atoms with Gasteiger partial charge in [0.2, 0.25) is 0 Å². The molecule has 2 N–H and O–H groups in total. The third-order valence-corrected chi connectivity index (χ3v) is 6.15. The maximum Gasteiger partial charge on any atom is 0.0356 e. The summed E-state index contributed by atoms with van der Waals surface area (Å²) in [6.45, 7) is 6.98. The third kappa shape index (κ3) is 3.37. The second kappa shape index (κ2) is 7.24. The number of likely N-dealkylation sites (tertiary alicyclic amines) is 1. The van der Waals surface area contributed by atoms with E-state index in [0.717, 1.165) is 18.4 Å². The monoisotopic (exact) mass is 281 g/mol. The summed E-state index contributed by atoms with van der Waals surface area (Å²) in [5.74, 6) is 1.68. The van der Waals surface area contributed by atoms with Crippen LogP contribution in [-0.4, -0.2) is 55.6 Å². The molecule has 2 aliphatic rings. The Hall–Kier alpha value is -0.120. The zero-order valence-corrected chi connectivity index (χ0v) is 13.9. The highest BCUT2D eigenvalue weighted by Gasteiger charge is 2.42. The molecule has 0 aromatic carbocycles. The number of nitrogens with two attached hydrogens (primary N) is 1. The Labute approximate surface area is 125 Å². The van der Waals surface area contributed by atoms with Crippen molar-refractivity contribution in [3.05, 3.63) is 0 Å². The molecule has 0 spiro atoms. The molecule has 2 rings (SSSR count). The van der Waals surface area contributed by atoms with Crippen molar-refractivity contribution in [2.24, 2.45) is 17.6 Å². The molecular weight excluding hydrogens is 246 g/mol. The number of piperidine rings is 1. The van der Waals surface area contributed by atoms with E-state index in [1.807, 2.05) is 0 Å². The van der Waals surface area contributed by atoms with E-state index < -0.39 is 0 Å². The normalized spacial score (nSPS) is 33.8. The number of hydrogen-bond acceptors (Lipinski definition) is 3. The summed E-state index contributed by atoms with van der Waals surface area (Å²) < 4.78 is 0. The van der Waals surface area contributed by atoms with Crippen LogP contribution in [0.1, 0.15) is 51.9 Å². The van der Waals surface area contributed by atoms with Gasteiger partial charge in [0.1, 0.15) is 0 Å². The highest BCUT2D eigenvalue weighted by molar-refractivity contribution is 4.99. The Morgan fingerprint density at radius 3 is 2.50 bits per heavy atom. The SMILES string of the molecule is CCC1CCCCC1(CN)N(C)CC1CCN(C)CC1. The van der Waals surface area contributed by atoms with E-state index in [0.29, 0.717) is 0 Å². The molecule has 1 heterocycles. The zero-order valence-electron chi connectivity index (χ0n) is 13.9. The zero-order chi connectivity index (χ0) is 14.6. The van der Waals surface area contributed by atoms with Crippen molar-refractivity contribution in [1.29, 1.82) is 0 Å². The molecule has 0 radical (unpaired) electrons. The molecule has 20 heavy (non-hydrogen) atoms.